The van der Waals surface area contributed by atoms with Crippen LogP contribution in [0.25, 0.3) is 23.1 Å². The lowest BCUT2D eigenvalue weighted by molar-refractivity contribution is 0.896. The molecule has 2 nitrogen and oxygen atoms in total. The topological polar surface area (TPSA) is 31.6 Å². The Hall–Kier alpha value is -2.22. The molecule has 1 aromatic carbocycles. The zero-order chi connectivity index (χ0) is 14.9. The predicted octanol–water partition coefficient (Wildman–Crippen LogP) is 3.39. The van der Waals surface area contributed by atoms with Crippen molar-refractivity contribution in [2.75, 3.05) is 0 Å². The highest BCUT2D eigenvalue weighted by molar-refractivity contribution is 5.83. The van der Waals surface area contributed by atoms with Gasteiger partial charge >= 0.3 is 0 Å². The van der Waals surface area contributed by atoms with Gasteiger partial charge in [0.25, 0.3) is 0 Å². The fourth-order valence-corrected chi connectivity index (χ4v) is 3.63. The van der Waals surface area contributed by atoms with Gasteiger partial charge in [-0.05, 0) is 41.7 Å². The van der Waals surface area contributed by atoms with Crippen LogP contribution in [0.5, 0.6) is 0 Å². The number of hydrogen-bond donors (Lipinski definition) is 2. The zero-order valence-corrected chi connectivity index (χ0v) is 13.1. The van der Waals surface area contributed by atoms with E-state index in [4.69, 9.17) is 0 Å². The molecule has 0 fully saturated rings. The van der Waals surface area contributed by atoms with Crippen molar-refractivity contribution in [2.24, 2.45) is 0 Å². The quantitative estimate of drug-likeness (QED) is 0.738. The molecule has 0 saturated heterocycles. The van der Waals surface area contributed by atoms with Crippen molar-refractivity contribution in [2.45, 2.75) is 39.0 Å². The Morgan fingerprint density at radius 2 is 1.95 bits per heavy atom. The van der Waals surface area contributed by atoms with Gasteiger partial charge in [-0.25, -0.2) is 0 Å². The van der Waals surface area contributed by atoms with Gasteiger partial charge in [0.1, 0.15) is 0 Å². The minimum absolute atomic E-state index is 0.980. The first kappa shape index (κ1) is 13.4. The molecule has 1 aliphatic carbocycles. The molecule has 0 radical (unpaired) electrons. The third-order valence-corrected chi connectivity index (χ3v) is 4.67. The van der Waals surface area contributed by atoms with Crippen LogP contribution in [0.4, 0.5) is 0 Å². The molecule has 2 heteroatoms. The molecule has 0 bridgehead atoms. The van der Waals surface area contributed by atoms with Gasteiger partial charge in [-0.1, -0.05) is 43.7 Å². The van der Waals surface area contributed by atoms with Gasteiger partial charge in [0.15, 0.2) is 0 Å². The normalized spacial score (nSPS) is 13.7. The molecule has 3 aromatic rings. The van der Waals surface area contributed by atoms with Gasteiger partial charge in [-0.3, -0.25) is 0 Å². The van der Waals surface area contributed by atoms with Crippen LogP contribution in [0.3, 0.4) is 0 Å². The maximum absolute atomic E-state index is 3.69. The fraction of sp³-hybridized carbons (Fsp3) is 0.300. The summed E-state index contributed by atoms with van der Waals surface area (Å²) >= 11 is 0. The van der Waals surface area contributed by atoms with Crippen molar-refractivity contribution < 1.29 is 0 Å². The van der Waals surface area contributed by atoms with Gasteiger partial charge in [0.05, 0.1) is 0 Å². The molecule has 2 aromatic heterocycles. The minimum atomic E-state index is 0.980. The number of H-pyrrole nitrogens is 2. The SMILES string of the molecule is CCCc1c(Cc2c[nH]c3ccccc23)[nH]c2c1=CCCC=2. The van der Waals surface area contributed by atoms with Crippen LogP contribution in [0.15, 0.2) is 30.5 Å². The van der Waals surface area contributed by atoms with Gasteiger partial charge in [-0.2, -0.15) is 0 Å². The van der Waals surface area contributed by atoms with Crippen LogP contribution >= 0.6 is 0 Å². The largest absolute Gasteiger partial charge is 0.361 e. The number of nitrogens with one attached hydrogen (secondary N) is 2. The summed E-state index contributed by atoms with van der Waals surface area (Å²) in [6.45, 7) is 2.27. The summed E-state index contributed by atoms with van der Waals surface area (Å²) in [4.78, 5) is 7.08. The number of benzene rings is 1. The smallest absolute Gasteiger partial charge is 0.0456 e. The Morgan fingerprint density at radius 1 is 1.09 bits per heavy atom. The molecule has 0 saturated carbocycles. The second-order valence-electron chi connectivity index (χ2n) is 6.18. The number of fused-ring (bicyclic) bond motifs is 2. The highest BCUT2D eigenvalue weighted by Crippen LogP contribution is 2.21. The van der Waals surface area contributed by atoms with Gasteiger partial charge in [-0.15, -0.1) is 0 Å². The molecule has 2 N–H and O–H groups in total. The fourth-order valence-electron chi connectivity index (χ4n) is 3.63. The van der Waals surface area contributed by atoms with Crippen LogP contribution in [0.2, 0.25) is 0 Å². The monoisotopic (exact) mass is 290 g/mol. The Kier molecular flexibility index (Phi) is 3.38. The summed E-state index contributed by atoms with van der Waals surface area (Å²) in [6.07, 6.45) is 12.6. The lowest BCUT2D eigenvalue weighted by Gasteiger charge is -2.03. The van der Waals surface area contributed by atoms with E-state index in [1.165, 1.54) is 51.1 Å². The van der Waals surface area contributed by atoms with E-state index in [9.17, 15) is 0 Å². The molecule has 0 spiro atoms. The molecular formula is C20H22N2. The molecule has 0 unspecified atom stereocenters. The van der Waals surface area contributed by atoms with Crippen LogP contribution in [-0.4, -0.2) is 9.97 Å². The van der Waals surface area contributed by atoms with E-state index in [-0.39, 0.29) is 0 Å². The first-order chi connectivity index (χ1) is 10.9. The van der Waals surface area contributed by atoms with Crippen molar-refractivity contribution in [3.63, 3.8) is 0 Å². The first-order valence-corrected chi connectivity index (χ1v) is 8.32. The van der Waals surface area contributed by atoms with E-state index in [0.717, 1.165) is 19.3 Å². The third kappa shape index (κ3) is 2.19. The average molecular weight is 290 g/mol. The van der Waals surface area contributed by atoms with Crippen LogP contribution in [0.1, 0.15) is 43.0 Å². The zero-order valence-electron chi connectivity index (χ0n) is 13.1. The van der Waals surface area contributed by atoms with E-state index in [2.05, 4.69) is 59.5 Å². The van der Waals surface area contributed by atoms with Crippen LogP contribution < -0.4 is 10.6 Å². The Balaban J connectivity index is 1.82. The molecule has 1 aliphatic rings. The van der Waals surface area contributed by atoms with Crippen molar-refractivity contribution in [1.29, 1.82) is 0 Å². The van der Waals surface area contributed by atoms with E-state index in [1.54, 1.807) is 0 Å². The van der Waals surface area contributed by atoms with Gasteiger partial charge < -0.3 is 9.97 Å². The molecule has 22 heavy (non-hydrogen) atoms. The summed E-state index contributed by atoms with van der Waals surface area (Å²) in [6, 6.07) is 8.56. The van der Waals surface area contributed by atoms with E-state index in [0.29, 0.717) is 0 Å². The molecule has 0 aliphatic heterocycles. The standard InChI is InChI=1S/C20H22N2/c1-2-7-16-17-9-4-6-11-19(17)22-20(16)12-14-13-21-18-10-5-3-8-15(14)18/h3,5,8-11,13,21-22H,2,4,6-7,12H2,1H3. The average Bonchev–Trinajstić information content (AvgIpc) is 3.11. The summed E-state index contributed by atoms with van der Waals surface area (Å²) in [5.74, 6) is 0. The summed E-state index contributed by atoms with van der Waals surface area (Å²) in [5, 5.41) is 4.14. The lowest BCUT2D eigenvalue weighted by atomic mass is 10.0. The molecular weight excluding hydrogens is 268 g/mol. The van der Waals surface area contributed by atoms with E-state index < -0.39 is 0 Å². The van der Waals surface area contributed by atoms with Crippen LogP contribution in [0, 0.1) is 0 Å². The number of aromatic nitrogens is 2. The van der Waals surface area contributed by atoms with Crippen molar-refractivity contribution >= 4 is 23.1 Å². The van der Waals surface area contributed by atoms with E-state index >= 15 is 0 Å². The molecule has 0 amide bonds. The van der Waals surface area contributed by atoms with Crippen molar-refractivity contribution in [3.05, 3.63) is 57.9 Å². The third-order valence-electron chi connectivity index (χ3n) is 4.67. The summed E-state index contributed by atoms with van der Waals surface area (Å²) < 4.78 is 0. The van der Waals surface area contributed by atoms with Gasteiger partial charge in [0, 0.05) is 34.6 Å². The highest BCUT2D eigenvalue weighted by Gasteiger charge is 2.12. The Labute approximate surface area is 130 Å². The lowest BCUT2D eigenvalue weighted by Crippen LogP contribution is -2.26. The number of aromatic amines is 2. The molecule has 112 valence electrons. The molecule has 2 heterocycles. The van der Waals surface area contributed by atoms with Crippen LogP contribution in [-0.2, 0) is 12.8 Å². The number of para-hydroxylation sites is 1. The first-order valence-electron chi connectivity index (χ1n) is 8.32. The second-order valence-corrected chi connectivity index (χ2v) is 6.18. The predicted molar refractivity (Wildman–Crippen MR) is 93.3 cm³/mol. The van der Waals surface area contributed by atoms with Crippen molar-refractivity contribution in [3.8, 4) is 0 Å². The molecule has 0 atom stereocenters. The highest BCUT2D eigenvalue weighted by atomic mass is 14.7. The number of rotatable bonds is 4. The Morgan fingerprint density at radius 3 is 2.86 bits per heavy atom. The number of hydrogen-bond acceptors (Lipinski definition) is 0. The maximum Gasteiger partial charge on any atom is 0.0456 e. The summed E-state index contributed by atoms with van der Waals surface area (Å²) in [5.41, 5.74) is 5.53. The second kappa shape index (κ2) is 5.53. The molecule has 4 rings (SSSR count). The van der Waals surface area contributed by atoms with Crippen molar-refractivity contribution in [1.82, 2.24) is 9.97 Å². The van der Waals surface area contributed by atoms with E-state index in [1.807, 2.05) is 0 Å². The summed E-state index contributed by atoms with van der Waals surface area (Å²) in [7, 11) is 0. The maximum atomic E-state index is 3.69. The minimum Gasteiger partial charge on any atom is -0.361 e. The van der Waals surface area contributed by atoms with Gasteiger partial charge in [0.2, 0.25) is 0 Å². The Bertz CT molecular complexity index is 924.